The van der Waals surface area contributed by atoms with Crippen LogP contribution in [0.5, 0.6) is 0 Å². The summed E-state index contributed by atoms with van der Waals surface area (Å²) in [5.74, 6) is 1.23. The van der Waals surface area contributed by atoms with Gasteiger partial charge in [0.15, 0.2) is 5.82 Å². The lowest BCUT2D eigenvalue weighted by molar-refractivity contribution is 0.102. The summed E-state index contributed by atoms with van der Waals surface area (Å²) < 4.78 is 5.65. The molecule has 1 amide bonds. The maximum Gasteiger partial charge on any atom is 0.257 e. The number of aromatic nitrogens is 3. The minimum Gasteiger partial charge on any atom is -0.381 e. The highest BCUT2D eigenvalue weighted by molar-refractivity contribution is 6.05. The zero-order valence-corrected chi connectivity index (χ0v) is 16.0. The monoisotopic (exact) mass is 379 g/mol. The number of ether oxygens (including phenoxy) is 1. The largest absolute Gasteiger partial charge is 0.381 e. The quantitative estimate of drug-likeness (QED) is 0.883. The fourth-order valence-electron chi connectivity index (χ4n) is 4.45. The van der Waals surface area contributed by atoms with Crippen LogP contribution in [-0.2, 0) is 17.6 Å². The van der Waals surface area contributed by atoms with Gasteiger partial charge in [-0.3, -0.25) is 4.79 Å². The maximum atomic E-state index is 13.1. The molecule has 1 aliphatic carbocycles. The minimum absolute atomic E-state index is 0.152. The van der Waals surface area contributed by atoms with E-state index in [2.05, 4.69) is 20.4 Å². The van der Waals surface area contributed by atoms with Crippen LogP contribution in [0.25, 0.3) is 0 Å². The molecule has 2 fully saturated rings. The van der Waals surface area contributed by atoms with E-state index in [1.54, 1.807) is 18.3 Å². The van der Waals surface area contributed by atoms with E-state index in [0.29, 0.717) is 36.4 Å². The van der Waals surface area contributed by atoms with E-state index in [-0.39, 0.29) is 5.91 Å². The average Bonchev–Trinajstić information content (AvgIpc) is 3.50. The van der Waals surface area contributed by atoms with Gasteiger partial charge in [0.2, 0.25) is 0 Å². The van der Waals surface area contributed by atoms with Crippen LogP contribution < -0.4 is 10.2 Å². The topological polar surface area (TPSA) is 80.2 Å². The number of hydrogen-bond donors (Lipinski definition) is 1. The number of nitrogens with zero attached hydrogens (tertiary/aromatic N) is 4. The van der Waals surface area contributed by atoms with Gasteiger partial charge in [-0.2, -0.15) is 5.10 Å². The van der Waals surface area contributed by atoms with Crippen molar-refractivity contribution in [3.05, 3.63) is 41.2 Å². The van der Waals surface area contributed by atoms with Crippen molar-refractivity contribution in [1.82, 2.24) is 15.2 Å². The third kappa shape index (κ3) is 3.46. The standard InChI is InChI=1S/C21H25N5O2/c27-20(24-18-3-1-9-22-25-18)16-13-19(23-17-5-12-28-11-4-15(16)17)26-10-2-6-21(14-26)7-8-21/h1,3,9,13H,2,4-8,10-12,14H2,(H,24,25,27). The molecule has 0 atom stereocenters. The van der Waals surface area contributed by atoms with E-state index in [1.807, 2.05) is 6.07 Å². The summed E-state index contributed by atoms with van der Waals surface area (Å²) in [7, 11) is 0. The Hall–Kier alpha value is -2.54. The van der Waals surface area contributed by atoms with Crippen LogP contribution in [0.4, 0.5) is 11.6 Å². The Bertz CT molecular complexity index is 882. The average molecular weight is 379 g/mol. The molecule has 5 rings (SSSR count). The van der Waals surface area contributed by atoms with Crippen molar-refractivity contribution < 1.29 is 9.53 Å². The van der Waals surface area contributed by atoms with Crippen LogP contribution in [0, 0.1) is 5.41 Å². The second-order valence-electron chi connectivity index (χ2n) is 8.15. The molecule has 7 heteroatoms. The van der Waals surface area contributed by atoms with Crippen LogP contribution in [0.1, 0.15) is 47.3 Å². The molecule has 3 aliphatic rings. The second-order valence-corrected chi connectivity index (χ2v) is 8.15. The summed E-state index contributed by atoms with van der Waals surface area (Å²) in [6, 6.07) is 5.48. The molecule has 0 aromatic carbocycles. The third-order valence-corrected chi connectivity index (χ3v) is 6.18. The van der Waals surface area contributed by atoms with Crippen LogP contribution in [0.2, 0.25) is 0 Å². The molecule has 1 saturated carbocycles. The van der Waals surface area contributed by atoms with Gasteiger partial charge in [0.1, 0.15) is 5.82 Å². The van der Waals surface area contributed by atoms with Gasteiger partial charge in [-0.25, -0.2) is 4.98 Å². The summed E-state index contributed by atoms with van der Waals surface area (Å²) >= 11 is 0. The molecule has 1 saturated heterocycles. The molecule has 0 bridgehead atoms. The van der Waals surface area contributed by atoms with Crippen molar-refractivity contribution in [3.8, 4) is 0 Å². The van der Waals surface area contributed by atoms with Gasteiger partial charge in [-0.15, -0.1) is 5.10 Å². The number of pyridine rings is 1. The lowest BCUT2D eigenvalue weighted by atomic mass is 9.94. The molecule has 1 spiro atoms. The van der Waals surface area contributed by atoms with Gasteiger partial charge in [0.25, 0.3) is 5.91 Å². The molecule has 0 unspecified atom stereocenters. The number of rotatable bonds is 3. The van der Waals surface area contributed by atoms with Crippen molar-refractivity contribution in [2.45, 2.75) is 38.5 Å². The van der Waals surface area contributed by atoms with Crippen LogP contribution in [-0.4, -0.2) is 47.4 Å². The van der Waals surface area contributed by atoms with Crippen LogP contribution in [0.15, 0.2) is 24.4 Å². The Morgan fingerprint density at radius 3 is 2.93 bits per heavy atom. The van der Waals surface area contributed by atoms with E-state index < -0.39 is 0 Å². The molecule has 28 heavy (non-hydrogen) atoms. The smallest absolute Gasteiger partial charge is 0.257 e. The van der Waals surface area contributed by atoms with Gasteiger partial charge in [-0.05, 0) is 61.3 Å². The van der Waals surface area contributed by atoms with Gasteiger partial charge in [0.05, 0.1) is 13.2 Å². The lowest BCUT2D eigenvalue weighted by Crippen LogP contribution is -2.37. The van der Waals surface area contributed by atoms with Crippen molar-refractivity contribution in [2.24, 2.45) is 5.41 Å². The predicted octanol–water partition coefficient (Wildman–Crippen LogP) is 2.62. The number of nitrogens with one attached hydrogen (secondary N) is 1. The Labute approximate surface area is 164 Å². The molecular weight excluding hydrogens is 354 g/mol. The maximum absolute atomic E-state index is 13.1. The fraction of sp³-hybridized carbons (Fsp3) is 0.524. The predicted molar refractivity (Wildman–Crippen MR) is 106 cm³/mol. The van der Waals surface area contributed by atoms with Crippen molar-refractivity contribution in [3.63, 3.8) is 0 Å². The number of carbonyl (C=O) groups is 1. The first-order valence-electron chi connectivity index (χ1n) is 10.2. The highest BCUT2D eigenvalue weighted by Crippen LogP contribution is 2.52. The number of anilines is 2. The van der Waals surface area contributed by atoms with Crippen LogP contribution in [0.3, 0.4) is 0 Å². The Morgan fingerprint density at radius 1 is 1.21 bits per heavy atom. The summed E-state index contributed by atoms with van der Waals surface area (Å²) in [4.78, 5) is 20.5. The molecule has 2 aliphatic heterocycles. The van der Waals surface area contributed by atoms with Crippen LogP contribution >= 0.6 is 0 Å². The van der Waals surface area contributed by atoms with Crippen molar-refractivity contribution in [1.29, 1.82) is 0 Å². The molecule has 7 nitrogen and oxygen atoms in total. The molecule has 2 aromatic heterocycles. The zero-order chi connectivity index (χ0) is 19.0. The van der Waals surface area contributed by atoms with Gasteiger partial charge >= 0.3 is 0 Å². The third-order valence-electron chi connectivity index (χ3n) is 6.18. The molecule has 2 aromatic rings. The zero-order valence-electron chi connectivity index (χ0n) is 16.0. The molecule has 146 valence electrons. The number of fused-ring (bicyclic) bond motifs is 1. The Morgan fingerprint density at radius 2 is 2.11 bits per heavy atom. The Balaban J connectivity index is 1.49. The van der Waals surface area contributed by atoms with Crippen molar-refractivity contribution >= 4 is 17.5 Å². The van der Waals surface area contributed by atoms with Gasteiger partial charge < -0.3 is 15.0 Å². The summed E-state index contributed by atoms with van der Waals surface area (Å²) in [6.07, 6.45) is 8.20. The lowest BCUT2D eigenvalue weighted by Gasteiger charge is -2.34. The van der Waals surface area contributed by atoms with E-state index in [0.717, 1.165) is 36.6 Å². The number of hydrogen-bond acceptors (Lipinski definition) is 6. The molecular formula is C21H25N5O2. The van der Waals surface area contributed by atoms with E-state index in [1.165, 1.54) is 25.7 Å². The van der Waals surface area contributed by atoms with E-state index >= 15 is 0 Å². The number of carbonyl (C=O) groups excluding carboxylic acids is 1. The Kier molecular flexibility index (Phi) is 4.47. The highest BCUT2D eigenvalue weighted by Gasteiger charge is 2.45. The first-order valence-corrected chi connectivity index (χ1v) is 10.2. The summed E-state index contributed by atoms with van der Waals surface area (Å²) in [5.41, 5.74) is 3.18. The molecule has 4 heterocycles. The first-order chi connectivity index (χ1) is 13.7. The minimum atomic E-state index is -0.152. The van der Waals surface area contributed by atoms with Gasteiger partial charge in [-0.1, -0.05) is 0 Å². The summed E-state index contributed by atoms with van der Waals surface area (Å²) in [6.45, 7) is 3.33. The number of amides is 1. The van der Waals surface area contributed by atoms with E-state index in [9.17, 15) is 4.79 Å². The second kappa shape index (κ2) is 7.13. The van der Waals surface area contributed by atoms with Gasteiger partial charge in [0, 0.05) is 37.0 Å². The molecule has 1 N–H and O–H groups in total. The molecule has 0 radical (unpaired) electrons. The normalized spacial score (nSPS) is 20.4. The SMILES string of the molecule is O=C(Nc1cccnn1)c1cc(N2CCCC3(CC3)C2)nc2c1CCOCC2. The van der Waals surface area contributed by atoms with Crippen molar-refractivity contribution in [2.75, 3.05) is 36.5 Å². The fourth-order valence-corrected chi connectivity index (χ4v) is 4.45. The summed E-state index contributed by atoms with van der Waals surface area (Å²) in [5, 5.41) is 10.7. The highest BCUT2D eigenvalue weighted by atomic mass is 16.5. The van der Waals surface area contributed by atoms with E-state index in [4.69, 9.17) is 9.72 Å². The first kappa shape index (κ1) is 17.6. The number of piperidine rings is 1.